The quantitative estimate of drug-likeness (QED) is 0.870. The molecule has 0 radical (unpaired) electrons. The van der Waals surface area contributed by atoms with E-state index in [9.17, 15) is 4.39 Å². The largest absolute Gasteiger partial charge is 0.370 e. The van der Waals surface area contributed by atoms with Crippen LogP contribution in [0, 0.1) is 12.7 Å². The average Bonchev–Trinajstić information content (AvgIpc) is 2.42. The molecule has 0 aliphatic rings. The van der Waals surface area contributed by atoms with Gasteiger partial charge in [-0.25, -0.2) is 14.4 Å². The summed E-state index contributed by atoms with van der Waals surface area (Å²) in [5, 5.41) is 6.63. The number of nitrogens with one attached hydrogen (secondary N) is 2. The third kappa shape index (κ3) is 3.36. The third-order valence-electron chi connectivity index (χ3n) is 2.81. The molecule has 0 bridgehead atoms. The molecule has 2 N–H and O–H groups in total. The van der Waals surface area contributed by atoms with E-state index in [1.165, 1.54) is 18.5 Å². The van der Waals surface area contributed by atoms with Crippen molar-refractivity contribution in [3.05, 3.63) is 40.9 Å². The summed E-state index contributed by atoms with van der Waals surface area (Å²) in [6.07, 6.45) is 2.49. The Labute approximate surface area is 122 Å². The van der Waals surface area contributed by atoms with Gasteiger partial charge in [0, 0.05) is 12.1 Å². The van der Waals surface area contributed by atoms with Crippen molar-refractivity contribution in [2.45, 2.75) is 20.3 Å². The summed E-state index contributed by atoms with van der Waals surface area (Å²) < 4.78 is 13.0. The number of aromatic nitrogens is 2. The topological polar surface area (TPSA) is 49.8 Å². The maximum absolute atomic E-state index is 13.0. The molecule has 1 heterocycles. The molecule has 0 aliphatic carbocycles. The van der Waals surface area contributed by atoms with Crippen molar-refractivity contribution in [1.29, 1.82) is 0 Å². The zero-order valence-corrected chi connectivity index (χ0v) is 12.1. The lowest BCUT2D eigenvalue weighted by Crippen LogP contribution is -2.07. The van der Waals surface area contributed by atoms with Crippen LogP contribution in [0.25, 0.3) is 0 Å². The van der Waals surface area contributed by atoms with Gasteiger partial charge in [-0.05, 0) is 31.5 Å². The molecule has 6 heteroatoms. The third-order valence-corrected chi connectivity index (χ3v) is 3.12. The Bertz CT molecular complexity index is 604. The summed E-state index contributed by atoms with van der Waals surface area (Å²) in [5.74, 6) is 1.06. The molecule has 0 fully saturated rings. The fourth-order valence-electron chi connectivity index (χ4n) is 1.72. The molecule has 106 valence electrons. The Balaban J connectivity index is 2.24. The molecule has 1 aromatic heterocycles. The van der Waals surface area contributed by atoms with E-state index in [0.29, 0.717) is 16.5 Å². The van der Waals surface area contributed by atoms with Gasteiger partial charge in [0.15, 0.2) is 0 Å². The van der Waals surface area contributed by atoms with Gasteiger partial charge in [-0.15, -0.1) is 0 Å². The normalized spacial score (nSPS) is 10.4. The van der Waals surface area contributed by atoms with Gasteiger partial charge in [0.1, 0.15) is 23.8 Å². The number of hydrogen-bond acceptors (Lipinski definition) is 4. The fraction of sp³-hybridized carbons (Fsp3) is 0.286. The first-order chi connectivity index (χ1) is 9.61. The number of anilines is 3. The van der Waals surface area contributed by atoms with E-state index in [1.54, 1.807) is 6.07 Å². The lowest BCUT2D eigenvalue weighted by Gasteiger charge is -2.13. The Hall–Kier alpha value is -1.88. The highest BCUT2D eigenvalue weighted by atomic mass is 35.5. The summed E-state index contributed by atoms with van der Waals surface area (Å²) in [6, 6.07) is 4.19. The van der Waals surface area contributed by atoms with Crippen LogP contribution >= 0.6 is 11.6 Å². The predicted octanol–water partition coefficient (Wildman–Crippen LogP) is 4.14. The van der Waals surface area contributed by atoms with Crippen LogP contribution in [0.1, 0.15) is 18.9 Å². The van der Waals surface area contributed by atoms with Crippen molar-refractivity contribution < 1.29 is 4.39 Å². The van der Waals surface area contributed by atoms with E-state index < -0.39 is 0 Å². The summed E-state index contributed by atoms with van der Waals surface area (Å²) in [4.78, 5) is 8.39. The van der Waals surface area contributed by atoms with Crippen molar-refractivity contribution in [2.75, 3.05) is 17.2 Å². The lowest BCUT2D eigenvalue weighted by atomic mass is 10.2. The Morgan fingerprint density at radius 2 is 2.00 bits per heavy atom. The van der Waals surface area contributed by atoms with Crippen LogP contribution in [0.4, 0.5) is 21.7 Å². The van der Waals surface area contributed by atoms with Gasteiger partial charge < -0.3 is 10.6 Å². The number of hydrogen-bond donors (Lipinski definition) is 2. The second-order valence-electron chi connectivity index (χ2n) is 4.37. The number of nitrogens with zero attached hydrogens (tertiary/aromatic N) is 2. The highest BCUT2D eigenvalue weighted by Crippen LogP contribution is 2.28. The molecule has 0 atom stereocenters. The first-order valence-electron chi connectivity index (χ1n) is 6.39. The first kappa shape index (κ1) is 14.5. The van der Waals surface area contributed by atoms with Crippen LogP contribution in [-0.2, 0) is 0 Å². The minimum Gasteiger partial charge on any atom is -0.370 e. The molecule has 0 saturated heterocycles. The van der Waals surface area contributed by atoms with Gasteiger partial charge in [-0.2, -0.15) is 0 Å². The molecule has 0 aliphatic heterocycles. The van der Waals surface area contributed by atoms with Crippen molar-refractivity contribution in [3.8, 4) is 0 Å². The molecular formula is C14H16ClFN4. The van der Waals surface area contributed by atoms with Gasteiger partial charge in [-0.3, -0.25) is 0 Å². The van der Waals surface area contributed by atoms with E-state index in [1.807, 2.05) is 6.92 Å². The van der Waals surface area contributed by atoms with E-state index in [-0.39, 0.29) is 5.82 Å². The van der Waals surface area contributed by atoms with Crippen LogP contribution in [0.15, 0.2) is 24.5 Å². The number of halogens is 2. The van der Waals surface area contributed by atoms with Gasteiger partial charge in [-0.1, -0.05) is 18.5 Å². The van der Waals surface area contributed by atoms with Crippen molar-refractivity contribution in [3.63, 3.8) is 0 Å². The molecule has 0 amide bonds. The number of rotatable bonds is 5. The molecule has 0 spiro atoms. The van der Waals surface area contributed by atoms with Gasteiger partial charge in [0.2, 0.25) is 0 Å². The molecule has 0 saturated carbocycles. The van der Waals surface area contributed by atoms with Gasteiger partial charge in [0.05, 0.1) is 10.7 Å². The summed E-state index contributed by atoms with van der Waals surface area (Å²) >= 11 is 5.99. The Morgan fingerprint density at radius 3 is 2.70 bits per heavy atom. The van der Waals surface area contributed by atoms with E-state index in [2.05, 4.69) is 27.5 Å². The zero-order valence-electron chi connectivity index (χ0n) is 11.4. The van der Waals surface area contributed by atoms with Crippen LogP contribution in [0.5, 0.6) is 0 Å². The van der Waals surface area contributed by atoms with Crippen LogP contribution in [0.3, 0.4) is 0 Å². The zero-order chi connectivity index (χ0) is 14.5. The van der Waals surface area contributed by atoms with Crippen molar-refractivity contribution in [1.82, 2.24) is 9.97 Å². The van der Waals surface area contributed by atoms with Gasteiger partial charge in [0.25, 0.3) is 0 Å². The van der Waals surface area contributed by atoms with E-state index in [0.717, 1.165) is 24.3 Å². The van der Waals surface area contributed by atoms with E-state index >= 15 is 0 Å². The summed E-state index contributed by atoms with van der Waals surface area (Å²) in [5.41, 5.74) is 1.50. The summed E-state index contributed by atoms with van der Waals surface area (Å²) in [7, 11) is 0. The monoisotopic (exact) mass is 294 g/mol. The van der Waals surface area contributed by atoms with Crippen LogP contribution in [0.2, 0.25) is 5.02 Å². The summed E-state index contributed by atoms with van der Waals surface area (Å²) in [6.45, 7) is 4.84. The molecule has 4 nitrogen and oxygen atoms in total. The smallest absolute Gasteiger partial charge is 0.138 e. The minimum absolute atomic E-state index is 0.311. The second-order valence-corrected chi connectivity index (χ2v) is 4.78. The molecule has 0 unspecified atom stereocenters. The molecule has 20 heavy (non-hydrogen) atoms. The van der Waals surface area contributed by atoms with Crippen molar-refractivity contribution >= 4 is 28.9 Å². The van der Waals surface area contributed by atoms with Crippen LogP contribution < -0.4 is 10.6 Å². The van der Waals surface area contributed by atoms with E-state index in [4.69, 9.17) is 11.6 Å². The standard InChI is InChI=1S/C14H16ClFN4/c1-3-6-17-13-9(2)14(19-8-18-13)20-12-5-4-10(16)7-11(12)15/h4-5,7-8H,3,6H2,1-2H3,(H2,17,18,19,20). The minimum atomic E-state index is -0.370. The Kier molecular flexibility index (Phi) is 4.74. The SMILES string of the molecule is CCCNc1ncnc(Nc2ccc(F)cc2Cl)c1C. The second kappa shape index (κ2) is 6.52. The highest BCUT2D eigenvalue weighted by molar-refractivity contribution is 6.33. The molecule has 2 aromatic rings. The van der Waals surface area contributed by atoms with Gasteiger partial charge >= 0.3 is 0 Å². The molecular weight excluding hydrogens is 279 g/mol. The Morgan fingerprint density at radius 1 is 1.25 bits per heavy atom. The maximum Gasteiger partial charge on any atom is 0.138 e. The maximum atomic E-state index is 13.0. The predicted molar refractivity (Wildman–Crippen MR) is 80.2 cm³/mol. The van der Waals surface area contributed by atoms with Crippen molar-refractivity contribution in [2.24, 2.45) is 0 Å². The number of benzene rings is 1. The molecule has 2 rings (SSSR count). The van der Waals surface area contributed by atoms with Crippen LogP contribution in [-0.4, -0.2) is 16.5 Å². The lowest BCUT2D eigenvalue weighted by molar-refractivity contribution is 0.628. The highest BCUT2D eigenvalue weighted by Gasteiger charge is 2.09. The average molecular weight is 295 g/mol. The fourth-order valence-corrected chi connectivity index (χ4v) is 1.93. The first-order valence-corrected chi connectivity index (χ1v) is 6.77. The molecule has 1 aromatic carbocycles.